The minimum absolute atomic E-state index is 0.450. The van der Waals surface area contributed by atoms with Gasteiger partial charge in [-0.15, -0.1) is 0 Å². The topological polar surface area (TPSA) is 49.8 Å². The third-order valence-corrected chi connectivity index (χ3v) is 2.89. The molecule has 1 rings (SSSR count). The Hall–Kier alpha value is -1.36. The van der Waals surface area contributed by atoms with Crippen LogP contribution in [0.3, 0.4) is 0 Å². The van der Waals surface area contributed by atoms with E-state index in [0.717, 1.165) is 10.6 Å². The van der Waals surface area contributed by atoms with Crippen LogP contribution < -0.4 is 4.74 Å². The standard InChI is InChI=1S/C10H13NO3S/c1-3-11(10(12)13)15-9-6-4-8(14-2)5-7-9/h4-7H,3H2,1-2H3,(H,12,13). The van der Waals surface area contributed by atoms with Gasteiger partial charge >= 0.3 is 6.09 Å². The number of hydrogen-bond donors (Lipinski definition) is 1. The van der Waals surface area contributed by atoms with Crippen LogP contribution in [0.5, 0.6) is 5.75 Å². The highest BCUT2D eigenvalue weighted by atomic mass is 32.2. The molecule has 15 heavy (non-hydrogen) atoms. The number of carboxylic acid groups (broad SMARTS) is 1. The van der Waals surface area contributed by atoms with Gasteiger partial charge in [0.05, 0.1) is 7.11 Å². The van der Waals surface area contributed by atoms with Gasteiger partial charge in [-0.3, -0.25) is 0 Å². The third-order valence-electron chi connectivity index (χ3n) is 1.78. The molecule has 0 saturated carbocycles. The molecule has 5 heteroatoms. The molecular weight excluding hydrogens is 214 g/mol. The van der Waals surface area contributed by atoms with Crippen molar-refractivity contribution >= 4 is 18.0 Å². The van der Waals surface area contributed by atoms with Gasteiger partial charge in [0.15, 0.2) is 0 Å². The Morgan fingerprint density at radius 3 is 2.47 bits per heavy atom. The number of hydrogen-bond acceptors (Lipinski definition) is 3. The summed E-state index contributed by atoms with van der Waals surface area (Å²) in [6.45, 7) is 2.25. The van der Waals surface area contributed by atoms with Crippen LogP contribution in [-0.2, 0) is 0 Å². The SMILES string of the molecule is CCN(Sc1ccc(OC)cc1)C(=O)O. The predicted molar refractivity (Wildman–Crippen MR) is 59.3 cm³/mol. The fraction of sp³-hybridized carbons (Fsp3) is 0.300. The van der Waals surface area contributed by atoms with E-state index in [1.54, 1.807) is 26.2 Å². The Labute approximate surface area is 93.0 Å². The molecule has 1 N–H and O–H groups in total. The zero-order chi connectivity index (χ0) is 11.3. The first-order valence-corrected chi connectivity index (χ1v) is 5.27. The van der Waals surface area contributed by atoms with Crippen LogP contribution in [0.2, 0.25) is 0 Å². The molecule has 0 fully saturated rings. The van der Waals surface area contributed by atoms with Crippen molar-refractivity contribution in [3.8, 4) is 5.75 Å². The summed E-state index contributed by atoms with van der Waals surface area (Å²) in [5.74, 6) is 0.762. The average Bonchev–Trinajstić information content (AvgIpc) is 2.26. The van der Waals surface area contributed by atoms with Crippen molar-refractivity contribution in [3.05, 3.63) is 24.3 Å². The van der Waals surface area contributed by atoms with Crippen LogP contribution in [0.25, 0.3) is 0 Å². The van der Waals surface area contributed by atoms with E-state index in [9.17, 15) is 4.79 Å². The van der Waals surface area contributed by atoms with Crippen LogP contribution in [0, 0.1) is 0 Å². The average molecular weight is 227 g/mol. The van der Waals surface area contributed by atoms with Crippen LogP contribution in [0.4, 0.5) is 4.79 Å². The second-order valence-electron chi connectivity index (χ2n) is 2.74. The number of benzene rings is 1. The number of amides is 1. The highest BCUT2D eigenvalue weighted by Crippen LogP contribution is 2.24. The zero-order valence-electron chi connectivity index (χ0n) is 8.64. The lowest BCUT2D eigenvalue weighted by atomic mass is 10.3. The van der Waals surface area contributed by atoms with Crippen molar-refractivity contribution in [2.45, 2.75) is 11.8 Å². The maximum absolute atomic E-state index is 10.7. The molecule has 0 atom stereocenters. The fourth-order valence-electron chi connectivity index (χ4n) is 1.00. The summed E-state index contributed by atoms with van der Waals surface area (Å²) >= 11 is 1.19. The molecule has 0 bridgehead atoms. The lowest BCUT2D eigenvalue weighted by Crippen LogP contribution is -2.21. The Kier molecular flexibility index (Phi) is 4.30. The Balaban J connectivity index is 2.67. The van der Waals surface area contributed by atoms with Gasteiger partial charge in [0.2, 0.25) is 0 Å². The van der Waals surface area contributed by atoms with Gasteiger partial charge in [-0.05, 0) is 43.1 Å². The van der Waals surface area contributed by atoms with Crippen molar-refractivity contribution in [2.24, 2.45) is 0 Å². The zero-order valence-corrected chi connectivity index (χ0v) is 9.45. The summed E-state index contributed by atoms with van der Waals surface area (Å²) in [6, 6.07) is 7.26. The molecule has 0 radical (unpaired) electrons. The molecule has 1 amide bonds. The van der Waals surface area contributed by atoms with Crippen LogP contribution in [-0.4, -0.2) is 29.2 Å². The lowest BCUT2D eigenvalue weighted by Gasteiger charge is -2.14. The Bertz CT molecular complexity index is 326. The Morgan fingerprint density at radius 1 is 1.47 bits per heavy atom. The van der Waals surface area contributed by atoms with E-state index < -0.39 is 6.09 Å². The highest BCUT2D eigenvalue weighted by Gasteiger charge is 2.10. The van der Waals surface area contributed by atoms with Gasteiger partial charge in [-0.1, -0.05) is 0 Å². The van der Waals surface area contributed by atoms with Gasteiger partial charge in [0.1, 0.15) is 5.75 Å². The number of nitrogens with zero attached hydrogens (tertiary/aromatic N) is 1. The molecule has 0 aliphatic carbocycles. The third kappa shape index (κ3) is 3.36. The molecular formula is C10H13NO3S. The molecule has 4 nitrogen and oxygen atoms in total. The van der Waals surface area contributed by atoms with Gasteiger partial charge in [0.25, 0.3) is 0 Å². The summed E-state index contributed by atoms with van der Waals surface area (Å²) in [6.07, 6.45) is -0.932. The number of carbonyl (C=O) groups is 1. The maximum atomic E-state index is 10.7. The smallest absolute Gasteiger partial charge is 0.417 e. The molecule has 0 spiro atoms. The van der Waals surface area contributed by atoms with E-state index in [1.807, 2.05) is 12.1 Å². The Morgan fingerprint density at radius 2 is 2.07 bits per heavy atom. The van der Waals surface area contributed by atoms with Crippen LogP contribution in [0.1, 0.15) is 6.92 Å². The molecule has 0 aromatic heterocycles. The molecule has 0 heterocycles. The fourth-order valence-corrected chi connectivity index (χ4v) is 1.72. The van der Waals surface area contributed by atoms with E-state index in [-0.39, 0.29) is 0 Å². The first-order valence-electron chi connectivity index (χ1n) is 4.50. The second-order valence-corrected chi connectivity index (χ2v) is 3.84. The molecule has 0 aliphatic heterocycles. The van der Waals surface area contributed by atoms with Crippen molar-refractivity contribution in [3.63, 3.8) is 0 Å². The van der Waals surface area contributed by atoms with Crippen molar-refractivity contribution in [1.82, 2.24) is 4.31 Å². The van der Waals surface area contributed by atoms with E-state index in [2.05, 4.69) is 0 Å². The van der Waals surface area contributed by atoms with Gasteiger partial charge in [0, 0.05) is 11.4 Å². The number of methoxy groups -OCH3 is 1. The summed E-state index contributed by atoms with van der Waals surface area (Å²) in [5.41, 5.74) is 0. The minimum atomic E-state index is -0.932. The van der Waals surface area contributed by atoms with Gasteiger partial charge in [-0.2, -0.15) is 0 Å². The maximum Gasteiger partial charge on any atom is 0.417 e. The molecule has 82 valence electrons. The minimum Gasteiger partial charge on any atom is -0.497 e. The van der Waals surface area contributed by atoms with Crippen molar-refractivity contribution in [1.29, 1.82) is 0 Å². The van der Waals surface area contributed by atoms with Crippen LogP contribution in [0.15, 0.2) is 29.2 Å². The largest absolute Gasteiger partial charge is 0.497 e. The van der Waals surface area contributed by atoms with Crippen molar-refractivity contribution in [2.75, 3.05) is 13.7 Å². The monoisotopic (exact) mass is 227 g/mol. The lowest BCUT2D eigenvalue weighted by molar-refractivity contribution is 0.176. The molecule has 0 unspecified atom stereocenters. The second kappa shape index (κ2) is 5.50. The first-order chi connectivity index (χ1) is 7.17. The normalized spacial score (nSPS) is 9.73. The highest BCUT2D eigenvalue weighted by molar-refractivity contribution is 7.97. The number of ether oxygens (including phenoxy) is 1. The predicted octanol–water partition coefficient (Wildman–Crippen LogP) is 2.70. The van der Waals surface area contributed by atoms with E-state index in [1.165, 1.54) is 16.3 Å². The van der Waals surface area contributed by atoms with Gasteiger partial charge < -0.3 is 9.84 Å². The summed E-state index contributed by atoms with van der Waals surface area (Å²) in [4.78, 5) is 11.6. The molecule has 0 aliphatic rings. The molecule has 0 saturated heterocycles. The summed E-state index contributed by atoms with van der Waals surface area (Å²) < 4.78 is 6.27. The quantitative estimate of drug-likeness (QED) is 0.803. The number of rotatable bonds is 4. The van der Waals surface area contributed by atoms with E-state index >= 15 is 0 Å². The summed E-state index contributed by atoms with van der Waals surface area (Å²) in [7, 11) is 1.59. The van der Waals surface area contributed by atoms with Gasteiger partial charge in [-0.25, -0.2) is 9.10 Å². The first kappa shape index (κ1) is 11.7. The van der Waals surface area contributed by atoms with E-state index in [4.69, 9.17) is 9.84 Å². The van der Waals surface area contributed by atoms with E-state index in [0.29, 0.717) is 6.54 Å². The molecule has 1 aromatic carbocycles. The molecule has 1 aromatic rings. The van der Waals surface area contributed by atoms with Crippen molar-refractivity contribution < 1.29 is 14.6 Å². The van der Waals surface area contributed by atoms with Crippen LogP contribution >= 0.6 is 11.9 Å². The summed E-state index contributed by atoms with van der Waals surface area (Å²) in [5, 5.41) is 8.82.